The second-order valence-electron chi connectivity index (χ2n) is 7.02. The summed E-state index contributed by atoms with van der Waals surface area (Å²) >= 11 is 1.11. The Kier molecular flexibility index (Phi) is 6.81. The summed E-state index contributed by atoms with van der Waals surface area (Å²) in [6.07, 6.45) is 2.73. The fourth-order valence-corrected chi connectivity index (χ4v) is 6.93. The SMILES string of the molecule is CCC(CC)C(NS(=O)(=O)c1cccs1)c1ccnn1S(=O)(=O)c1ccc(C)cc1. The number of nitrogens with one attached hydrogen (secondary N) is 1. The third-order valence-corrected chi connectivity index (χ3v) is 9.53. The van der Waals surface area contributed by atoms with Gasteiger partial charge < -0.3 is 0 Å². The Morgan fingerprint density at radius 2 is 1.70 bits per heavy atom. The molecule has 0 saturated heterocycles. The van der Waals surface area contributed by atoms with Crippen LogP contribution in [0.4, 0.5) is 0 Å². The lowest BCUT2D eigenvalue weighted by Crippen LogP contribution is -2.35. The van der Waals surface area contributed by atoms with Crippen LogP contribution >= 0.6 is 11.3 Å². The third-order valence-electron chi connectivity index (χ3n) is 5.07. The van der Waals surface area contributed by atoms with Crippen LogP contribution < -0.4 is 4.72 Å². The van der Waals surface area contributed by atoms with Gasteiger partial charge >= 0.3 is 0 Å². The summed E-state index contributed by atoms with van der Waals surface area (Å²) in [4.78, 5) is 0.0995. The normalized spacial score (nSPS) is 13.6. The molecule has 0 saturated carbocycles. The number of hydrogen-bond acceptors (Lipinski definition) is 6. The molecule has 7 nitrogen and oxygen atoms in total. The fraction of sp³-hybridized carbons (Fsp3) is 0.350. The zero-order valence-electron chi connectivity index (χ0n) is 17.0. The van der Waals surface area contributed by atoms with E-state index in [1.807, 2.05) is 20.8 Å². The maximum Gasteiger partial charge on any atom is 0.283 e. The molecule has 30 heavy (non-hydrogen) atoms. The van der Waals surface area contributed by atoms with E-state index in [1.165, 1.54) is 24.4 Å². The second kappa shape index (κ2) is 9.01. The highest BCUT2D eigenvalue weighted by Crippen LogP contribution is 2.31. The zero-order valence-corrected chi connectivity index (χ0v) is 19.5. The first kappa shape index (κ1) is 22.7. The van der Waals surface area contributed by atoms with E-state index in [2.05, 4.69) is 9.82 Å². The molecule has 1 N–H and O–H groups in total. The Morgan fingerprint density at radius 3 is 2.27 bits per heavy atom. The molecule has 0 fully saturated rings. The molecule has 0 aliphatic carbocycles. The number of thiophene rings is 1. The Hall–Kier alpha value is -2.01. The van der Waals surface area contributed by atoms with E-state index in [0.717, 1.165) is 21.0 Å². The second-order valence-corrected chi connectivity index (χ2v) is 11.7. The number of rotatable bonds is 9. The number of sulfonamides is 1. The largest absolute Gasteiger partial charge is 0.283 e. The first-order chi connectivity index (χ1) is 14.2. The molecule has 0 bridgehead atoms. The van der Waals surface area contributed by atoms with Crippen molar-refractivity contribution in [3.05, 3.63) is 65.3 Å². The summed E-state index contributed by atoms with van der Waals surface area (Å²) in [5, 5.41) is 5.74. The standard InChI is InChI=1S/C20H25N3O4S3/c1-4-16(5-2)20(22-29(24,25)19-7-6-14-28-19)18-12-13-21-23(18)30(26,27)17-10-8-15(3)9-11-17/h6-14,16,20,22H,4-5H2,1-3H3. The van der Waals surface area contributed by atoms with E-state index in [9.17, 15) is 16.8 Å². The zero-order chi connectivity index (χ0) is 21.9. The van der Waals surface area contributed by atoms with Gasteiger partial charge in [-0.05, 0) is 42.5 Å². The molecule has 0 radical (unpaired) electrons. The van der Waals surface area contributed by atoms with Gasteiger partial charge in [-0.15, -0.1) is 11.3 Å². The van der Waals surface area contributed by atoms with Crippen LogP contribution in [0.15, 0.2) is 63.1 Å². The average molecular weight is 468 g/mol. The average Bonchev–Trinajstić information content (AvgIpc) is 3.41. The topological polar surface area (TPSA) is 98.1 Å². The van der Waals surface area contributed by atoms with Gasteiger partial charge in [0.1, 0.15) is 4.21 Å². The lowest BCUT2D eigenvalue weighted by molar-refractivity contribution is 0.368. The summed E-state index contributed by atoms with van der Waals surface area (Å²) in [7, 11) is -7.78. The predicted octanol–water partition coefficient (Wildman–Crippen LogP) is 3.95. The van der Waals surface area contributed by atoms with Crippen molar-refractivity contribution >= 4 is 31.4 Å². The molecular formula is C20H25N3O4S3. The van der Waals surface area contributed by atoms with Crippen LogP contribution in [0.1, 0.15) is 44.0 Å². The Bertz CT molecular complexity index is 1180. The van der Waals surface area contributed by atoms with Crippen LogP contribution in [0, 0.1) is 12.8 Å². The molecule has 0 aliphatic rings. The van der Waals surface area contributed by atoms with Crippen molar-refractivity contribution in [1.82, 2.24) is 13.9 Å². The number of benzene rings is 1. The molecule has 0 aliphatic heterocycles. The minimum atomic E-state index is -3.97. The van der Waals surface area contributed by atoms with Crippen LogP contribution in [-0.4, -0.2) is 26.0 Å². The maximum atomic E-state index is 13.3. The molecule has 2 heterocycles. The van der Waals surface area contributed by atoms with Gasteiger partial charge in [-0.25, -0.2) is 13.1 Å². The highest BCUT2D eigenvalue weighted by molar-refractivity contribution is 7.91. The van der Waals surface area contributed by atoms with Crippen molar-refractivity contribution in [2.24, 2.45) is 5.92 Å². The van der Waals surface area contributed by atoms with Crippen LogP contribution in [-0.2, 0) is 20.0 Å². The number of aryl methyl sites for hydroxylation is 1. The highest BCUT2D eigenvalue weighted by atomic mass is 32.2. The van der Waals surface area contributed by atoms with Gasteiger partial charge in [0.15, 0.2) is 0 Å². The number of nitrogens with zero attached hydrogens (tertiary/aromatic N) is 2. The third kappa shape index (κ3) is 4.51. The summed E-state index contributed by atoms with van der Waals surface area (Å²) in [5.74, 6) is -0.108. The molecule has 162 valence electrons. The number of hydrogen-bond donors (Lipinski definition) is 1. The minimum Gasteiger partial charge on any atom is -0.206 e. The van der Waals surface area contributed by atoms with E-state index < -0.39 is 26.1 Å². The molecule has 0 spiro atoms. The molecule has 0 amide bonds. The molecule has 2 aromatic heterocycles. The van der Waals surface area contributed by atoms with E-state index in [0.29, 0.717) is 18.5 Å². The Balaban J connectivity index is 2.08. The number of aromatic nitrogens is 2. The van der Waals surface area contributed by atoms with Gasteiger partial charge in [0.2, 0.25) is 0 Å². The predicted molar refractivity (Wildman–Crippen MR) is 117 cm³/mol. The van der Waals surface area contributed by atoms with Crippen molar-refractivity contribution < 1.29 is 16.8 Å². The smallest absolute Gasteiger partial charge is 0.206 e. The quantitative estimate of drug-likeness (QED) is 0.514. The van der Waals surface area contributed by atoms with E-state index in [4.69, 9.17) is 0 Å². The van der Waals surface area contributed by atoms with Crippen molar-refractivity contribution in [2.45, 2.75) is 48.8 Å². The Labute approximate surface area is 181 Å². The molecular weight excluding hydrogens is 442 g/mol. The summed E-state index contributed by atoms with van der Waals surface area (Å²) in [5.41, 5.74) is 1.23. The van der Waals surface area contributed by atoms with Crippen LogP contribution in [0.2, 0.25) is 0 Å². The maximum absolute atomic E-state index is 13.3. The van der Waals surface area contributed by atoms with Gasteiger partial charge in [0.25, 0.3) is 20.0 Å². The van der Waals surface area contributed by atoms with E-state index in [1.54, 1.807) is 29.6 Å². The van der Waals surface area contributed by atoms with Crippen molar-refractivity contribution in [1.29, 1.82) is 0 Å². The summed E-state index contributed by atoms with van der Waals surface area (Å²) < 4.78 is 56.2. The minimum absolute atomic E-state index is 0.0995. The monoisotopic (exact) mass is 467 g/mol. The Morgan fingerprint density at radius 1 is 1.03 bits per heavy atom. The van der Waals surface area contributed by atoms with Crippen LogP contribution in [0.5, 0.6) is 0 Å². The molecule has 3 aromatic rings. The lowest BCUT2D eigenvalue weighted by Gasteiger charge is -2.26. The molecule has 10 heteroatoms. The van der Waals surface area contributed by atoms with E-state index >= 15 is 0 Å². The summed E-state index contributed by atoms with van der Waals surface area (Å²) in [6, 6.07) is 10.5. The first-order valence-corrected chi connectivity index (χ1v) is 13.4. The van der Waals surface area contributed by atoms with Crippen LogP contribution in [0.3, 0.4) is 0 Å². The van der Waals surface area contributed by atoms with Gasteiger partial charge in [-0.3, -0.25) is 0 Å². The van der Waals surface area contributed by atoms with Gasteiger partial charge in [0, 0.05) is 0 Å². The first-order valence-electron chi connectivity index (χ1n) is 9.62. The van der Waals surface area contributed by atoms with E-state index in [-0.39, 0.29) is 15.0 Å². The fourth-order valence-electron chi connectivity index (χ4n) is 3.33. The highest BCUT2D eigenvalue weighted by Gasteiger charge is 2.33. The molecule has 1 atom stereocenters. The van der Waals surface area contributed by atoms with Crippen molar-refractivity contribution in [3.63, 3.8) is 0 Å². The van der Waals surface area contributed by atoms with Gasteiger partial charge in [0.05, 0.1) is 22.8 Å². The van der Waals surface area contributed by atoms with Crippen molar-refractivity contribution in [2.75, 3.05) is 0 Å². The van der Waals surface area contributed by atoms with Gasteiger partial charge in [-0.1, -0.05) is 50.5 Å². The molecule has 1 aromatic carbocycles. The molecule has 3 rings (SSSR count). The van der Waals surface area contributed by atoms with Crippen LogP contribution in [0.25, 0.3) is 0 Å². The lowest BCUT2D eigenvalue weighted by atomic mass is 9.93. The summed E-state index contributed by atoms with van der Waals surface area (Å²) in [6.45, 7) is 5.78. The molecule has 1 unspecified atom stereocenters. The van der Waals surface area contributed by atoms with Gasteiger partial charge in [-0.2, -0.15) is 17.6 Å². The van der Waals surface area contributed by atoms with Crippen molar-refractivity contribution in [3.8, 4) is 0 Å².